The third-order valence-corrected chi connectivity index (χ3v) is 4.92. The summed E-state index contributed by atoms with van der Waals surface area (Å²) in [6.07, 6.45) is -0.261. The number of aliphatic hydroxyl groups excluding tert-OH is 1. The van der Waals surface area contributed by atoms with Crippen molar-refractivity contribution in [3.63, 3.8) is 0 Å². The van der Waals surface area contributed by atoms with Gasteiger partial charge in [0.25, 0.3) is 5.91 Å². The van der Waals surface area contributed by atoms with E-state index < -0.39 is 42.0 Å². The number of carbonyl (C=O) groups is 4. The molecule has 158 valence electrons. The van der Waals surface area contributed by atoms with Gasteiger partial charge in [0.05, 0.1) is 6.04 Å². The maximum atomic E-state index is 12.7. The Balaban J connectivity index is 2.08. The largest absolute Gasteiger partial charge is 0.465 e. The van der Waals surface area contributed by atoms with Gasteiger partial charge >= 0.3 is 6.09 Å². The molecule has 0 aromatic carbocycles. The molecule has 2 aliphatic rings. The molecule has 0 bridgehead atoms. The summed E-state index contributed by atoms with van der Waals surface area (Å²) in [6, 6.07) is -1.97. The van der Waals surface area contributed by atoms with E-state index in [-0.39, 0.29) is 30.7 Å². The lowest BCUT2D eigenvalue weighted by molar-refractivity contribution is -0.134. The van der Waals surface area contributed by atoms with E-state index in [1.165, 1.54) is 0 Å². The van der Waals surface area contributed by atoms with Crippen LogP contribution >= 0.6 is 0 Å². The van der Waals surface area contributed by atoms with E-state index >= 15 is 0 Å². The van der Waals surface area contributed by atoms with Crippen molar-refractivity contribution in [2.75, 3.05) is 6.54 Å². The second-order valence-electron chi connectivity index (χ2n) is 7.99. The Morgan fingerprint density at radius 2 is 1.82 bits per heavy atom. The summed E-state index contributed by atoms with van der Waals surface area (Å²) in [7, 11) is 0. The number of rotatable bonds is 10. The van der Waals surface area contributed by atoms with Crippen LogP contribution in [-0.4, -0.2) is 64.8 Å². The lowest BCUT2D eigenvalue weighted by Gasteiger charge is -2.28. The van der Waals surface area contributed by atoms with Gasteiger partial charge in [-0.3, -0.25) is 14.4 Å². The first-order chi connectivity index (χ1) is 13.2. The minimum Gasteiger partial charge on any atom is -0.465 e. The molecule has 1 heterocycles. The zero-order chi connectivity index (χ0) is 20.8. The minimum absolute atomic E-state index is 0.0376. The zero-order valence-electron chi connectivity index (χ0n) is 16.2. The van der Waals surface area contributed by atoms with E-state index in [1.54, 1.807) is 0 Å². The SMILES string of the molecule is CC(C)CC(NC(=O)O)C(=O)NC(C[C@@H]1CCNC1=O)C(O)C(=O)NC1CC1. The summed E-state index contributed by atoms with van der Waals surface area (Å²) in [5.74, 6) is -1.79. The van der Waals surface area contributed by atoms with E-state index in [2.05, 4.69) is 21.3 Å². The van der Waals surface area contributed by atoms with Crippen LogP contribution in [0.2, 0.25) is 0 Å². The fourth-order valence-electron chi connectivity index (χ4n) is 3.28. The first kappa shape index (κ1) is 21.9. The van der Waals surface area contributed by atoms with Crippen LogP contribution in [0.4, 0.5) is 4.79 Å². The molecule has 6 N–H and O–H groups in total. The number of carboxylic acid groups (broad SMARTS) is 1. The fraction of sp³-hybridized carbons (Fsp3) is 0.778. The molecule has 4 atom stereocenters. The third kappa shape index (κ3) is 6.66. The molecule has 4 amide bonds. The minimum atomic E-state index is -1.53. The van der Waals surface area contributed by atoms with Gasteiger partial charge in [-0.1, -0.05) is 13.8 Å². The van der Waals surface area contributed by atoms with Crippen LogP contribution in [0.25, 0.3) is 0 Å². The predicted octanol–water partition coefficient (Wildman–Crippen LogP) is -0.681. The summed E-state index contributed by atoms with van der Waals surface area (Å²) < 4.78 is 0. The van der Waals surface area contributed by atoms with Crippen molar-refractivity contribution in [2.45, 2.75) is 70.2 Å². The fourth-order valence-corrected chi connectivity index (χ4v) is 3.28. The number of carbonyl (C=O) groups excluding carboxylic acids is 3. The van der Waals surface area contributed by atoms with Gasteiger partial charge in [0.15, 0.2) is 6.10 Å². The van der Waals surface area contributed by atoms with Crippen LogP contribution in [0.5, 0.6) is 0 Å². The van der Waals surface area contributed by atoms with Crippen LogP contribution in [0.15, 0.2) is 0 Å². The second-order valence-corrected chi connectivity index (χ2v) is 7.99. The molecule has 3 unspecified atom stereocenters. The molecule has 2 fully saturated rings. The maximum Gasteiger partial charge on any atom is 0.405 e. The molecule has 0 aromatic heterocycles. The predicted molar refractivity (Wildman–Crippen MR) is 99.2 cm³/mol. The molecule has 28 heavy (non-hydrogen) atoms. The van der Waals surface area contributed by atoms with Gasteiger partial charge in [0, 0.05) is 18.5 Å². The lowest BCUT2D eigenvalue weighted by atomic mass is 9.93. The normalized spacial score (nSPS) is 22.1. The Kier molecular flexibility index (Phi) is 7.61. The van der Waals surface area contributed by atoms with Crippen molar-refractivity contribution in [1.29, 1.82) is 0 Å². The topological polar surface area (TPSA) is 157 Å². The highest BCUT2D eigenvalue weighted by Gasteiger charge is 2.37. The molecule has 2 rings (SSSR count). The van der Waals surface area contributed by atoms with Crippen LogP contribution in [0, 0.1) is 11.8 Å². The Morgan fingerprint density at radius 3 is 2.32 bits per heavy atom. The molecule has 10 heteroatoms. The summed E-state index contributed by atoms with van der Waals surface area (Å²) in [4.78, 5) is 47.9. The Morgan fingerprint density at radius 1 is 1.14 bits per heavy atom. The van der Waals surface area contributed by atoms with Gasteiger partial charge in [-0.05, 0) is 38.0 Å². The maximum absolute atomic E-state index is 12.7. The molecule has 1 saturated carbocycles. The van der Waals surface area contributed by atoms with Gasteiger partial charge < -0.3 is 31.5 Å². The van der Waals surface area contributed by atoms with Gasteiger partial charge in [-0.15, -0.1) is 0 Å². The van der Waals surface area contributed by atoms with Crippen molar-refractivity contribution < 1.29 is 29.4 Å². The molecule has 0 spiro atoms. The van der Waals surface area contributed by atoms with Gasteiger partial charge in [-0.25, -0.2) is 4.79 Å². The van der Waals surface area contributed by atoms with Gasteiger partial charge in [0.2, 0.25) is 11.8 Å². The van der Waals surface area contributed by atoms with E-state index in [4.69, 9.17) is 5.11 Å². The highest BCUT2D eigenvalue weighted by atomic mass is 16.4. The molecule has 10 nitrogen and oxygen atoms in total. The first-order valence-corrected chi connectivity index (χ1v) is 9.73. The summed E-state index contributed by atoms with van der Waals surface area (Å²) in [5.41, 5.74) is 0. The van der Waals surface area contributed by atoms with Crippen molar-refractivity contribution in [2.24, 2.45) is 11.8 Å². The van der Waals surface area contributed by atoms with Crippen LogP contribution in [0.3, 0.4) is 0 Å². The van der Waals surface area contributed by atoms with Crippen molar-refractivity contribution in [3.8, 4) is 0 Å². The van der Waals surface area contributed by atoms with Crippen LogP contribution in [0.1, 0.15) is 46.0 Å². The number of amides is 4. The second kappa shape index (κ2) is 9.72. The molecule has 0 aromatic rings. The highest BCUT2D eigenvalue weighted by Crippen LogP contribution is 2.21. The number of hydrogen-bond acceptors (Lipinski definition) is 5. The summed E-state index contributed by atoms with van der Waals surface area (Å²) in [5, 5.41) is 29.6. The van der Waals surface area contributed by atoms with E-state index in [0.717, 1.165) is 12.8 Å². The van der Waals surface area contributed by atoms with E-state index in [9.17, 15) is 24.3 Å². The third-order valence-electron chi connectivity index (χ3n) is 4.92. The highest BCUT2D eigenvalue weighted by molar-refractivity contribution is 5.88. The van der Waals surface area contributed by atoms with Gasteiger partial charge in [-0.2, -0.15) is 0 Å². The standard InChI is InChI=1S/C18H30N4O6/c1-9(2)7-13(22-18(27)28)16(25)21-12(8-10-5-6-19-15(10)24)14(23)17(26)20-11-3-4-11/h9-14,22-23H,3-8H2,1-2H3,(H,19,24)(H,20,26)(H,21,25)(H,27,28)/t10-,12?,13?,14?/m0/s1. The molecule has 1 aliphatic heterocycles. The first-order valence-electron chi connectivity index (χ1n) is 9.73. The molecular formula is C18H30N4O6. The Labute approximate surface area is 163 Å². The van der Waals surface area contributed by atoms with E-state index in [0.29, 0.717) is 13.0 Å². The number of nitrogens with one attached hydrogen (secondary N) is 4. The number of hydrogen-bond donors (Lipinski definition) is 6. The zero-order valence-corrected chi connectivity index (χ0v) is 16.2. The number of aliphatic hydroxyl groups is 1. The summed E-state index contributed by atoms with van der Waals surface area (Å²) >= 11 is 0. The molecule has 0 radical (unpaired) electrons. The Hall–Kier alpha value is -2.36. The average Bonchev–Trinajstić information content (AvgIpc) is 3.32. The smallest absolute Gasteiger partial charge is 0.405 e. The Bertz CT molecular complexity index is 607. The molecule has 1 saturated heterocycles. The summed E-state index contributed by atoms with van der Waals surface area (Å²) in [6.45, 7) is 4.20. The average molecular weight is 398 g/mol. The lowest BCUT2D eigenvalue weighted by Crippen LogP contribution is -2.56. The molecular weight excluding hydrogens is 368 g/mol. The van der Waals surface area contributed by atoms with Crippen LogP contribution < -0.4 is 21.3 Å². The van der Waals surface area contributed by atoms with Crippen molar-refractivity contribution in [3.05, 3.63) is 0 Å². The van der Waals surface area contributed by atoms with E-state index in [1.807, 2.05) is 13.8 Å². The van der Waals surface area contributed by atoms with Crippen LogP contribution in [-0.2, 0) is 14.4 Å². The van der Waals surface area contributed by atoms with Gasteiger partial charge in [0.1, 0.15) is 6.04 Å². The monoisotopic (exact) mass is 398 g/mol. The van der Waals surface area contributed by atoms with Crippen molar-refractivity contribution in [1.82, 2.24) is 21.3 Å². The molecule has 1 aliphatic carbocycles. The quantitative estimate of drug-likeness (QED) is 0.286. The van der Waals surface area contributed by atoms with Crippen molar-refractivity contribution >= 4 is 23.8 Å².